The summed E-state index contributed by atoms with van der Waals surface area (Å²) in [6, 6.07) is 0.529. The number of carbonyl (C=O) groups is 1. The second-order valence-corrected chi connectivity index (χ2v) is 5.89. The maximum absolute atomic E-state index is 12.2. The van der Waals surface area contributed by atoms with Crippen LogP contribution in [0.1, 0.15) is 29.1 Å². The maximum atomic E-state index is 12.2. The van der Waals surface area contributed by atoms with Gasteiger partial charge < -0.3 is 10.6 Å². The van der Waals surface area contributed by atoms with E-state index in [0.717, 1.165) is 19.6 Å². The van der Waals surface area contributed by atoms with Gasteiger partial charge in [-0.3, -0.25) is 9.69 Å². The largest absolute Gasteiger partial charge is 0.374 e. The van der Waals surface area contributed by atoms with E-state index in [2.05, 4.69) is 15.1 Å². The Hall–Kier alpha value is -1.21. The predicted molar refractivity (Wildman–Crippen MR) is 69.4 cm³/mol. The number of nitrogens with zero attached hydrogens (tertiary/aromatic N) is 4. The Balaban J connectivity index is 1.68. The average molecular weight is 267 g/mol. The molecule has 0 radical (unpaired) electrons. The highest BCUT2D eigenvalue weighted by atomic mass is 32.1. The zero-order chi connectivity index (χ0) is 12.5. The Labute approximate surface area is 110 Å². The summed E-state index contributed by atoms with van der Waals surface area (Å²) < 4.78 is 0. The van der Waals surface area contributed by atoms with Crippen LogP contribution in [0.2, 0.25) is 0 Å². The number of nitrogen functional groups attached to an aromatic ring is 1. The van der Waals surface area contributed by atoms with Crippen molar-refractivity contribution in [2.75, 3.05) is 31.9 Å². The lowest BCUT2D eigenvalue weighted by Crippen LogP contribution is -2.56. The minimum absolute atomic E-state index is 0.0191. The highest BCUT2D eigenvalue weighted by molar-refractivity contribution is 7.16. The van der Waals surface area contributed by atoms with Gasteiger partial charge in [-0.05, 0) is 19.4 Å². The fraction of sp³-hybridized carbons (Fsp3) is 0.727. The first-order valence-corrected chi connectivity index (χ1v) is 7.18. The second kappa shape index (κ2) is 4.81. The Kier molecular flexibility index (Phi) is 3.17. The van der Waals surface area contributed by atoms with Gasteiger partial charge in [-0.2, -0.15) is 0 Å². The van der Waals surface area contributed by atoms with Gasteiger partial charge in [-0.25, -0.2) is 0 Å². The summed E-state index contributed by atoms with van der Waals surface area (Å²) in [5.74, 6) is -0.0191. The van der Waals surface area contributed by atoms with Crippen LogP contribution in [-0.4, -0.2) is 58.1 Å². The Morgan fingerprint density at radius 3 is 2.94 bits per heavy atom. The highest BCUT2D eigenvalue weighted by Gasteiger charge is 2.32. The minimum Gasteiger partial charge on any atom is -0.374 e. The molecular weight excluding hydrogens is 250 g/mol. The van der Waals surface area contributed by atoms with E-state index in [1.807, 2.05) is 4.90 Å². The van der Waals surface area contributed by atoms with Crippen LogP contribution in [0.15, 0.2) is 0 Å². The minimum atomic E-state index is -0.0191. The molecule has 3 heterocycles. The molecule has 6 nitrogen and oxygen atoms in total. The molecule has 1 unspecified atom stereocenters. The summed E-state index contributed by atoms with van der Waals surface area (Å²) in [4.78, 5) is 16.6. The third-order valence-corrected chi connectivity index (χ3v) is 4.49. The van der Waals surface area contributed by atoms with Crippen molar-refractivity contribution in [3.8, 4) is 0 Å². The molecule has 2 fully saturated rings. The quantitative estimate of drug-likeness (QED) is 0.798. The third-order valence-electron chi connectivity index (χ3n) is 3.75. The van der Waals surface area contributed by atoms with Gasteiger partial charge in [0.25, 0.3) is 5.91 Å². The van der Waals surface area contributed by atoms with Gasteiger partial charge in [0.2, 0.25) is 10.1 Å². The average Bonchev–Trinajstić information content (AvgIpc) is 2.84. The summed E-state index contributed by atoms with van der Waals surface area (Å²) in [7, 11) is 0. The summed E-state index contributed by atoms with van der Waals surface area (Å²) in [5.41, 5.74) is 5.52. The van der Waals surface area contributed by atoms with Crippen molar-refractivity contribution in [3.63, 3.8) is 0 Å². The molecule has 18 heavy (non-hydrogen) atoms. The number of nitrogens with two attached hydrogens (primary N) is 1. The molecule has 1 aromatic heterocycles. The van der Waals surface area contributed by atoms with E-state index >= 15 is 0 Å². The molecule has 1 atom stereocenters. The molecule has 7 heteroatoms. The molecule has 2 aliphatic rings. The van der Waals surface area contributed by atoms with Crippen LogP contribution in [0.4, 0.5) is 5.13 Å². The van der Waals surface area contributed by atoms with Crippen molar-refractivity contribution in [2.24, 2.45) is 0 Å². The standard InChI is InChI=1S/C11H17N5OS/c12-11-14-13-9(18-11)10(17)16-6-5-15-4-2-1-3-8(15)7-16/h8H,1-7H2,(H2,12,14). The number of rotatable bonds is 1. The van der Waals surface area contributed by atoms with E-state index in [1.54, 1.807) is 0 Å². The molecule has 1 amide bonds. The fourth-order valence-corrected chi connectivity index (χ4v) is 3.37. The molecule has 1 aromatic rings. The summed E-state index contributed by atoms with van der Waals surface area (Å²) >= 11 is 1.17. The van der Waals surface area contributed by atoms with E-state index in [1.165, 1.54) is 37.1 Å². The molecule has 0 saturated carbocycles. The lowest BCUT2D eigenvalue weighted by Gasteiger charge is -2.43. The van der Waals surface area contributed by atoms with Gasteiger partial charge in [-0.15, -0.1) is 10.2 Å². The number of aromatic nitrogens is 2. The van der Waals surface area contributed by atoms with Crippen LogP contribution in [0.5, 0.6) is 0 Å². The van der Waals surface area contributed by atoms with E-state index in [9.17, 15) is 4.79 Å². The molecule has 3 rings (SSSR count). The van der Waals surface area contributed by atoms with Crippen LogP contribution >= 0.6 is 11.3 Å². The molecule has 0 aliphatic carbocycles. The molecular formula is C11H17N5OS. The number of amides is 1. The van der Waals surface area contributed by atoms with Crippen LogP contribution in [0.25, 0.3) is 0 Å². The molecule has 0 spiro atoms. The number of carbonyl (C=O) groups excluding carboxylic acids is 1. The number of hydrogen-bond donors (Lipinski definition) is 1. The molecule has 2 saturated heterocycles. The fourth-order valence-electron chi connectivity index (χ4n) is 2.80. The lowest BCUT2D eigenvalue weighted by atomic mass is 9.99. The van der Waals surface area contributed by atoms with Gasteiger partial charge in [0.1, 0.15) is 0 Å². The van der Waals surface area contributed by atoms with E-state index in [-0.39, 0.29) is 5.91 Å². The van der Waals surface area contributed by atoms with Gasteiger partial charge >= 0.3 is 0 Å². The first-order valence-electron chi connectivity index (χ1n) is 6.36. The molecule has 0 aromatic carbocycles. The van der Waals surface area contributed by atoms with Gasteiger partial charge in [0.05, 0.1) is 0 Å². The Bertz CT molecular complexity index is 448. The lowest BCUT2D eigenvalue weighted by molar-refractivity contribution is 0.0371. The topological polar surface area (TPSA) is 75.3 Å². The normalized spacial score (nSPS) is 24.9. The summed E-state index contributed by atoms with van der Waals surface area (Å²) in [6.45, 7) is 3.76. The molecule has 0 bridgehead atoms. The summed E-state index contributed by atoms with van der Waals surface area (Å²) in [5, 5.41) is 8.31. The number of fused-ring (bicyclic) bond motifs is 1. The molecule has 2 aliphatic heterocycles. The van der Waals surface area contributed by atoms with Crippen molar-refractivity contribution in [1.29, 1.82) is 0 Å². The van der Waals surface area contributed by atoms with Crippen molar-refractivity contribution in [1.82, 2.24) is 20.0 Å². The van der Waals surface area contributed by atoms with E-state index in [4.69, 9.17) is 5.73 Å². The monoisotopic (exact) mass is 267 g/mol. The van der Waals surface area contributed by atoms with Crippen molar-refractivity contribution in [2.45, 2.75) is 25.3 Å². The van der Waals surface area contributed by atoms with E-state index < -0.39 is 0 Å². The summed E-state index contributed by atoms with van der Waals surface area (Å²) in [6.07, 6.45) is 3.76. The predicted octanol–water partition coefficient (Wildman–Crippen LogP) is 0.431. The smallest absolute Gasteiger partial charge is 0.285 e. The van der Waals surface area contributed by atoms with Crippen molar-refractivity contribution < 1.29 is 4.79 Å². The van der Waals surface area contributed by atoms with Crippen LogP contribution < -0.4 is 5.73 Å². The van der Waals surface area contributed by atoms with Crippen LogP contribution in [0.3, 0.4) is 0 Å². The highest BCUT2D eigenvalue weighted by Crippen LogP contribution is 2.23. The van der Waals surface area contributed by atoms with Gasteiger partial charge in [0.15, 0.2) is 0 Å². The first-order chi connectivity index (χ1) is 8.74. The Morgan fingerprint density at radius 1 is 1.28 bits per heavy atom. The van der Waals surface area contributed by atoms with Crippen LogP contribution in [-0.2, 0) is 0 Å². The van der Waals surface area contributed by atoms with E-state index in [0.29, 0.717) is 16.2 Å². The number of anilines is 1. The van der Waals surface area contributed by atoms with Gasteiger partial charge in [0, 0.05) is 25.7 Å². The van der Waals surface area contributed by atoms with Crippen molar-refractivity contribution >= 4 is 22.4 Å². The first kappa shape index (κ1) is 11.9. The van der Waals surface area contributed by atoms with Gasteiger partial charge in [-0.1, -0.05) is 17.8 Å². The number of piperazine rings is 1. The van der Waals surface area contributed by atoms with Crippen molar-refractivity contribution in [3.05, 3.63) is 5.01 Å². The Morgan fingerprint density at radius 2 is 2.17 bits per heavy atom. The SMILES string of the molecule is Nc1nnc(C(=O)N2CCN3CCCCC3C2)s1. The third kappa shape index (κ3) is 2.20. The second-order valence-electron chi connectivity index (χ2n) is 4.88. The van der Waals surface area contributed by atoms with Crippen LogP contribution in [0, 0.1) is 0 Å². The zero-order valence-corrected chi connectivity index (χ0v) is 11.0. The number of hydrogen-bond acceptors (Lipinski definition) is 6. The maximum Gasteiger partial charge on any atom is 0.285 e. The molecule has 2 N–H and O–H groups in total. The molecule has 98 valence electrons. The number of piperidine rings is 1. The zero-order valence-electron chi connectivity index (χ0n) is 10.2.